The molecule has 0 bridgehead atoms. The Bertz CT molecular complexity index is 196. The quantitative estimate of drug-likeness (QED) is 0.663. The summed E-state index contributed by atoms with van der Waals surface area (Å²) in [6, 6.07) is 0. The van der Waals surface area contributed by atoms with Gasteiger partial charge in [0.25, 0.3) is 0 Å². The Labute approximate surface area is 91.6 Å². The zero-order chi connectivity index (χ0) is 10.6. The van der Waals surface area contributed by atoms with Gasteiger partial charge in [-0.1, -0.05) is 20.3 Å². The predicted molar refractivity (Wildman–Crippen MR) is 59.5 cm³/mol. The van der Waals surface area contributed by atoms with E-state index in [0.29, 0.717) is 30.0 Å². The van der Waals surface area contributed by atoms with E-state index in [2.05, 4.69) is 13.8 Å². The molecular formula is C11H20ClNO. The smallest absolute Gasteiger partial charge is 0.222 e. The number of likely N-dealkylation sites (tertiary alicyclic amines) is 1. The van der Waals surface area contributed by atoms with Gasteiger partial charge in [-0.2, -0.15) is 0 Å². The topological polar surface area (TPSA) is 20.3 Å². The number of alkyl halides is 1. The number of nitrogens with zero attached hydrogens (tertiary/aromatic N) is 1. The SMILES string of the molecule is CCC(C)CC(=O)N1CCC(CCl)C1. The average molecular weight is 218 g/mol. The second-order valence-corrected chi connectivity index (χ2v) is 4.67. The van der Waals surface area contributed by atoms with E-state index in [1.807, 2.05) is 4.90 Å². The maximum absolute atomic E-state index is 11.8. The summed E-state index contributed by atoms with van der Waals surface area (Å²) in [7, 11) is 0. The minimum absolute atomic E-state index is 0.312. The van der Waals surface area contributed by atoms with Crippen LogP contribution in [-0.2, 0) is 4.79 Å². The van der Waals surface area contributed by atoms with E-state index in [0.717, 1.165) is 25.9 Å². The van der Waals surface area contributed by atoms with Crippen molar-refractivity contribution in [2.24, 2.45) is 11.8 Å². The average Bonchev–Trinajstić information content (AvgIpc) is 2.65. The number of halogens is 1. The van der Waals surface area contributed by atoms with Gasteiger partial charge in [0, 0.05) is 25.4 Å². The fourth-order valence-corrected chi connectivity index (χ4v) is 2.01. The second kappa shape index (κ2) is 5.59. The van der Waals surface area contributed by atoms with Gasteiger partial charge in [0.05, 0.1) is 0 Å². The van der Waals surface area contributed by atoms with Crippen LogP contribution in [0.1, 0.15) is 33.1 Å². The molecule has 0 spiro atoms. The lowest BCUT2D eigenvalue weighted by Crippen LogP contribution is -2.29. The maximum atomic E-state index is 11.8. The molecule has 2 unspecified atom stereocenters. The van der Waals surface area contributed by atoms with E-state index < -0.39 is 0 Å². The van der Waals surface area contributed by atoms with Gasteiger partial charge in [-0.25, -0.2) is 0 Å². The Morgan fingerprint density at radius 1 is 1.64 bits per heavy atom. The van der Waals surface area contributed by atoms with E-state index in [-0.39, 0.29) is 0 Å². The van der Waals surface area contributed by atoms with Crippen molar-refractivity contribution in [3.63, 3.8) is 0 Å². The summed E-state index contributed by atoms with van der Waals surface area (Å²) in [6.07, 6.45) is 2.86. The molecule has 2 nitrogen and oxygen atoms in total. The molecule has 82 valence electrons. The van der Waals surface area contributed by atoms with Gasteiger partial charge >= 0.3 is 0 Å². The van der Waals surface area contributed by atoms with E-state index >= 15 is 0 Å². The van der Waals surface area contributed by atoms with Crippen molar-refractivity contribution in [3.05, 3.63) is 0 Å². The summed E-state index contributed by atoms with van der Waals surface area (Å²) in [5, 5.41) is 0. The summed E-state index contributed by atoms with van der Waals surface area (Å²) in [5.41, 5.74) is 0. The van der Waals surface area contributed by atoms with Crippen molar-refractivity contribution in [2.45, 2.75) is 33.1 Å². The highest BCUT2D eigenvalue weighted by Crippen LogP contribution is 2.19. The van der Waals surface area contributed by atoms with Crippen LogP contribution in [0.3, 0.4) is 0 Å². The minimum atomic E-state index is 0.312. The summed E-state index contributed by atoms with van der Waals surface area (Å²) < 4.78 is 0. The van der Waals surface area contributed by atoms with E-state index in [1.54, 1.807) is 0 Å². The molecule has 3 heteroatoms. The first-order chi connectivity index (χ1) is 6.67. The maximum Gasteiger partial charge on any atom is 0.222 e. The molecule has 1 aliphatic rings. The second-order valence-electron chi connectivity index (χ2n) is 4.37. The third-order valence-corrected chi connectivity index (χ3v) is 3.51. The third-order valence-electron chi connectivity index (χ3n) is 3.08. The molecule has 1 fully saturated rings. The van der Waals surface area contributed by atoms with Crippen molar-refractivity contribution in [1.82, 2.24) is 4.90 Å². The number of rotatable bonds is 4. The van der Waals surface area contributed by atoms with Crippen LogP contribution in [-0.4, -0.2) is 29.8 Å². The van der Waals surface area contributed by atoms with Crippen LogP contribution in [0.5, 0.6) is 0 Å². The van der Waals surface area contributed by atoms with E-state index in [1.165, 1.54) is 0 Å². The van der Waals surface area contributed by atoms with Crippen LogP contribution < -0.4 is 0 Å². The van der Waals surface area contributed by atoms with Crippen LogP contribution >= 0.6 is 11.6 Å². The molecule has 14 heavy (non-hydrogen) atoms. The fraction of sp³-hybridized carbons (Fsp3) is 0.909. The first-order valence-electron chi connectivity index (χ1n) is 5.51. The Morgan fingerprint density at radius 2 is 2.36 bits per heavy atom. The molecule has 0 saturated carbocycles. The molecule has 1 rings (SSSR count). The van der Waals surface area contributed by atoms with Crippen LogP contribution in [0.2, 0.25) is 0 Å². The monoisotopic (exact) mass is 217 g/mol. The summed E-state index contributed by atoms with van der Waals surface area (Å²) in [6.45, 7) is 6.04. The van der Waals surface area contributed by atoms with Crippen LogP contribution in [0, 0.1) is 11.8 Å². The van der Waals surface area contributed by atoms with Gasteiger partial charge in [-0.15, -0.1) is 11.6 Å². The standard InChI is InChI=1S/C11H20ClNO/c1-3-9(2)6-11(14)13-5-4-10(7-12)8-13/h9-10H,3-8H2,1-2H3. The van der Waals surface area contributed by atoms with Crippen molar-refractivity contribution < 1.29 is 4.79 Å². The number of carbonyl (C=O) groups is 1. The fourth-order valence-electron chi connectivity index (χ4n) is 1.76. The number of hydrogen-bond acceptors (Lipinski definition) is 1. The Morgan fingerprint density at radius 3 is 2.86 bits per heavy atom. The largest absolute Gasteiger partial charge is 0.342 e. The molecule has 1 saturated heterocycles. The van der Waals surface area contributed by atoms with Gasteiger partial charge < -0.3 is 4.90 Å². The molecule has 1 amide bonds. The van der Waals surface area contributed by atoms with Crippen molar-refractivity contribution in [3.8, 4) is 0 Å². The molecule has 0 aromatic carbocycles. The summed E-state index contributed by atoms with van der Waals surface area (Å²) in [5.74, 6) is 2.04. The molecule has 0 aromatic rings. The molecule has 0 N–H and O–H groups in total. The zero-order valence-corrected chi connectivity index (χ0v) is 9.89. The molecule has 1 heterocycles. The molecule has 0 radical (unpaired) electrons. The van der Waals surface area contributed by atoms with Gasteiger partial charge in [0.2, 0.25) is 5.91 Å². The highest BCUT2D eigenvalue weighted by Gasteiger charge is 2.25. The lowest BCUT2D eigenvalue weighted by molar-refractivity contribution is -0.131. The van der Waals surface area contributed by atoms with Crippen molar-refractivity contribution in [2.75, 3.05) is 19.0 Å². The van der Waals surface area contributed by atoms with Crippen molar-refractivity contribution >= 4 is 17.5 Å². The third kappa shape index (κ3) is 3.16. The number of hydrogen-bond donors (Lipinski definition) is 0. The van der Waals surface area contributed by atoms with E-state index in [9.17, 15) is 4.79 Å². The lowest BCUT2D eigenvalue weighted by atomic mass is 10.0. The van der Waals surface area contributed by atoms with Gasteiger partial charge in [-0.3, -0.25) is 4.79 Å². The predicted octanol–water partition coefficient (Wildman–Crippen LogP) is 2.51. The van der Waals surface area contributed by atoms with Gasteiger partial charge in [0.15, 0.2) is 0 Å². The molecule has 0 aromatic heterocycles. The van der Waals surface area contributed by atoms with Crippen molar-refractivity contribution in [1.29, 1.82) is 0 Å². The molecule has 1 aliphatic heterocycles. The summed E-state index contributed by atoms with van der Waals surface area (Å²) in [4.78, 5) is 13.7. The first kappa shape index (κ1) is 11.8. The molecular weight excluding hydrogens is 198 g/mol. The summed E-state index contributed by atoms with van der Waals surface area (Å²) >= 11 is 5.77. The van der Waals surface area contributed by atoms with Crippen LogP contribution in [0.25, 0.3) is 0 Å². The Hall–Kier alpha value is -0.240. The Balaban J connectivity index is 2.32. The Kier molecular flexibility index (Phi) is 4.73. The van der Waals surface area contributed by atoms with Crippen LogP contribution in [0.15, 0.2) is 0 Å². The highest BCUT2D eigenvalue weighted by atomic mass is 35.5. The van der Waals surface area contributed by atoms with E-state index in [4.69, 9.17) is 11.6 Å². The van der Waals surface area contributed by atoms with Gasteiger partial charge in [0.1, 0.15) is 0 Å². The number of carbonyl (C=O) groups excluding carboxylic acids is 1. The molecule has 0 aliphatic carbocycles. The minimum Gasteiger partial charge on any atom is -0.342 e. The lowest BCUT2D eigenvalue weighted by Gasteiger charge is -2.18. The first-order valence-corrected chi connectivity index (χ1v) is 6.04. The molecule has 2 atom stereocenters. The normalized spacial score (nSPS) is 23.9. The highest BCUT2D eigenvalue weighted by molar-refractivity contribution is 6.18. The van der Waals surface area contributed by atoms with Gasteiger partial charge in [-0.05, 0) is 18.3 Å². The number of amides is 1. The zero-order valence-electron chi connectivity index (χ0n) is 9.13. The van der Waals surface area contributed by atoms with Crippen LogP contribution in [0.4, 0.5) is 0 Å².